The summed E-state index contributed by atoms with van der Waals surface area (Å²) in [6, 6.07) is 0. The molecule has 0 aliphatic carbocycles. The molecule has 15 heavy (non-hydrogen) atoms. The second-order valence-electron chi connectivity index (χ2n) is 3.48. The van der Waals surface area contributed by atoms with Crippen LogP contribution in [0, 0.1) is 17.0 Å². The topological polar surface area (TPSA) is 64.2 Å². The van der Waals surface area contributed by atoms with Gasteiger partial charge in [0.15, 0.2) is 5.69 Å². The van der Waals surface area contributed by atoms with E-state index < -0.39 is 4.92 Å². The number of rotatable bonds is 3. The van der Waals surface area contributed by atoms with Crippen LogP contribution in [-0.4, -0.2) is 33.7 Å². The van der Waals surface area contributed by atoms with Crippen molar-refractivity contribution in [3.05, 3.63) is 27.7 Å². The first-order chi connectivity index (χ1) is 6.93. The van der Waals surface area contributed by atoms with Gasteiger partial charge in [0.2, 0.25) is 0 Å². The quantitative estimate of drug-likeness (QED) is 0.555. The third kappa shape index (κ3) is 2.34. The van der Waals surface area contributed by atoms with Gasteiger partial charge in [0.25, 0.3) is 0 Å². The van der Waals surface area contributed by atoms with Crippen LogP contribution in [0.3, 0.4) is 0 Å². The first-order valence-corrected chi connectivity index (χ1v) is 4.46. The molecule has 6 heteroatoms. The van der Waals surface area contributed by atoms with E-state index in [2.05, 4.69) is 5.10 Å². The van der Waals surface area contributed by atoms with Crippen LogP contribution in [0.25, 0.3) is 6.08 Å². The van der Waals surface area contributed by atoms with Crippen molar-refractivity contribution in [2.24, 2.45) is 7.05 Å². The Bertz CT molecular complexity index is 406. The Balaban J connectivity index is 3.18. The summed E-state index contributed by atoms with van der Waals surface area (Å²) >= 11 is 0. The summed E-state index contributed by atoms with van der Waals surface area (Å²) in [5, 5.41) is 14.9. The highest BCUT2D eigenvalue weighted by molar-refractivity contribution is 5.58. The molecule has 0 spiro atoms. The molecular formula is C9H14N4O2. The van der Waals surface area contributed by atoms with Crippen LogP contribution in [0.2, 0.25) is 0 Å². The maximum atomic E-state index is 10.8. The van der Waals surface area contributed by atoms with Gasteiger partial charge in [-0.05, 0) is 13.0 Å². The SMILES string of the molecule is Cc1c([N+](=O)[O-])c(C=CN(C)C)nn1C. The van der Waals surface area contributed by atoms with Gasteiger partial charge < -0.3 is 4.90 Å². The van der Waals surface area contributed by atoms with Gasteiger partial charge in [-0.15, -0.1) is 0 Å². The van der Waals surface area contributed by atoms with Crippen LogP contribution >= 0.6 is 0 Å². The lowest BCUT2D eigenvalue weighted by atomic mass is 10.3. The smallest absolute Gasteiger partial charge is 0.317 e. The third-order valence-corrected chi connectivity index (χ3v) is 2.04. The molecule has 0 radical (unpaired) electrons. The first kappa shape index (κ1) is 11.2. The molecule has 0 atom stereocenters. The lowest BCUT2D eigenvalue weighted by molar-refractivity contribution is -0.385. The molecule has 0 amide bonds. The number of aromatic nitrogens is 2. The van der Waals surface area contributed by atoms with E-state index in [1.54, 1.807) is 31.1 Å². The molecule has 0 aliphatic rings. The number of aryl methyl sites for hydroxylation is 1. The summed E-state index contributed by atoms with van der Waals surface area (Å²) in [4.78, 5) is 12.2. The second-order valence-corrected chi connectivity index (χ2v) is 3.48. The second kappa shape index (κ2) is 4.12. The molecule has 1 rings (SSSR count). The van der Waals surface area contributed by atoms with Gasteiger partial charge >= 0.3 is 5.69 Å². The average molecular weight is 210 g/mol. The van der Waals surface area contributed by atoms with Gasteiger partial charge in [0.1, 0.15) is 5.69 Å². The first-order valence-electron chi connectivity index (χ1n) is 4.46. The Morgan fingerprint density at radius 2 is 2.13 bits per heavy atom. The fraction of sp³-hybridized carbons (Fsp3) is 0.444. The van der Waals surface area contributed by atoms with Crippen LogP contribution in [0.15, 0.2) is 6.20 Å². The average Bonchev–Trinajstić information content (AvgIpc) is 2.39. The Morgan fingerprint density at radius 3 is 2.60 bits per heavy atom. The van der Waals surface area contributed by atoms with Gasteiger partial charge in [0, 0.05) is 27.3 Å². The van der Waals surface area contributed by atoms with Crippen molar-refractivity contribution in [1.82, 2.24) is 14.7 Å². The normalized spacial score (nSPS) is 10.9. The fourth-order valence-corrected chi connectivity index (χ4v) is 1.18. The molecule has 0 bridgehead atoms. The minimum absolute atomic E-state index is 0.0654. The van der Waals surface area contributed by atoms with E-state index in [-0.39, 0.29) is 5.69 Å². The van der Waals surface area contributed by atoms with E-state index in [1.165, 1.54) is 4.68 Å². The highest BCUT2D eigenvalue weighted by atomic mass is 16.6. The maximum absolute atomic E-state index is 10.8. The Morgan fingerprint density at radius 1 is 1.53 bits per heavy atom. The molecule has 1 aromatic rings. The van der Waals surface area contributed by atoms with Crippen molar-refractivity contribution in [2.75, 3.05) is 14.1 Å². The number of nitrogens with zero attached hydrogens (tertiary/aromatic N) is 4. The lowest BCUT2D eigenvalue weighted by Gasteiger charge is -2.01. The lowest BCUT2D eigenvalue weighted by Crippen LogP contribution is -2.00. The van der Waals surface area contributed by atoms with Gasteiger partial charge in [-0.25, -0.2) is 0 Å². The molecule has 0 aliphatic heterocycles. The number of nitro groups is 1. The molecule has 0 N–H and O–H groups in total. The fourth-order valence-electron chi connectivity index (χ4n) is 1.18. The van der Waals surface area contributed by atoms with Crippen molar-refractivity contribution in [1.29, 1.82) is 0 Å². The molecule has 82 valence electrons. The number of hydrogen-bond acceptors (Lipinski definition) is 4. The molecule has 1 aromatic heterocycles. The van der Waals surface area contributed by atoms with E-state index in [1.807, 2.05) is 14.1 Å². The van der Waals surface area contributed by atoms with E-state index in [0.717, 1.165) is 0 Å². The van der Waals surface area contributed by atoms with Crippen molar-refractivity contribution < 1.29 is 4.92 Å². The largest absolute Gasteiger partial charge is 0.383 e. The summed E-state index contributed by atoms with van der Waals surface area (Å²) in [7, 11) is 5.38. The summed E-state index contributed by atoms with van der Waals surface area (Å²) in [5.41, 5.74) is 1.00. The van der Waals surface area contributed by atoms with Crippen molar-refractivity contribution >= 4 is 11.8 Å². The van der Waals surface area contributed by atoms with E-state index in [0.29, 0.717) is 11.4 Å². The summed E-state index contributed by atoms with van der Waals surface area (Å²) in [6.07, 6.45) is 3.36. The summed E-state index contributed by atoms with van der Waals surface area (Å²) in [5.74, 6) is 0. The number of hydrogen-bond donors (Lipinski definition) is 0. The molecule has 1 heterocycles. The zero-order valence-corrected chi connectivity index (χ0v) is 9.26. The Kier molecular flexibility index (Phi) is 3.08. The Labute approximate surface area is 88.0 Å². The minimum atomic E-state index is -0.405. The highest BCUT2D eigenvalue weighted by Crippen LogP contribution is 2.22. The molecule has 0 saturated heterocycles. The van der Waals surface area contributed by atoms with Gasteiger partial charge in [-0.3, -0.25) is 14.8 Å². The van der Waals surface area contributed by atoms with Crippen molar-refractivity contribution in [2.45, 2.75) is 6.92 Å². The molecule has 6 nitrogen and oxygen atoms in total. The van der Waals surface area contributed by atoms with Crippen LogP contribution in [0.4, 0.5) is 5.69 Å². The molecule has 0 saturated carbocycles. The molecule has 0 aromatic carbocycles. The van der Waals surface area contributed by atoms with E-state index in [4.69, 9.17) is 0 Å². The van der Waals surface area contributed by atoms with Gasteiger partial charge in [-0.2, -0.15) is 5.10 Å². The maximum Gasteiger partial charge on any atom is 0.317 e. The predicted molar refractivity (Wildman–Crippen MR) is 57.3 cm³/mol. The van der Waals surface area contributed by atoms with E-state index >= 15 is 0 Å². The van der Waals surface area contributed by atoms with Crippen LogP contribution < -0.4 is 0 Å². The highest BCUT2D eigenvalue weighted by Gasteiger charge is 2.21. The van der Waals surface area contributed by atoms with Crippen LogP contribution in [0.1, 0.15) is 11.4 Å². The van der Waals surface area contributed by atoms with E-state index in [9.17, 15) is 10.1 Å². The van der Waals surface area contributed by atoms with Crippen molar-refractivity contribution in [3.63, 3.8) is 0 Å². The molecule has 0 fully saturated rings. The minimum Gasteiger partial charge on any atom is -0.383 e. The predicted octanol–water partition coefficient (Wildman–Crippen LogP) is 1.17. The monoisotopic (exact) mass is 210 g/mol. The molecule has 0 unspecified atom stereocenters. The van der Waals surface area contributed by atoms with Gasteiger partial charge in [0.05, 0.1) is 4.92 Å². The summed E-state index contributed by atoms with van der Waals surface area (Å²) in [6.45, 7) is 1.68. The Hall–Kier alpha value is -1.85. The van der Waals surface area contributed by atoms with Gasteiger partial charge in [-0.1, -0.05) is 0 Å². The van der Waals surface area contributed by atoms with Crippen LogP contribution in [0.5, 0.6) is 0 Å². The summed E-state index contributed by atoms with van der Waals surface area (Å²) < 4.78 is 1.51. The zero-order valence-electron chi connectivity index (χ0n) is 9.26. The van der Waals surface area contributed by atoms with Crippen LogP contribution in [-0.2, 0) is 7.05 Å². The standard InChI is InChI=1S/C9H14N4O2/c1-7-9(13(14)15)8(10-12(7)4)5-6-11(2)3/h5-6H,1-4H3. The molecular weight excluding hydrogens is 196 g/mol. The van der Waals surface area contributed by atoms with Crippen molar-refractivity contribution in [3.8, 4) is 0 Å². The zero-order chi connectivity index (χ0) is 11.6. The third-order valence-electron chi connectivity index (χ3n) is 2.04.